The van der Waals surface area contributed by atoms with E-state index in [4.69, 9.17) is 23.2 Å². The summed E-state index contributed by atoms with van der Waals surface area (Å²) < 4.78 is 15.4. The fraction of sp³-hybridized carbons (Fsp3) is 0.0714. The Labute approximate surface area is 119 Å². The second-order valence-electron chi connectivity index (χ2n) is 4.23. The molecular weight excluding hydrogens is 286 g/mol. The lowest BCUT2D eigenvalue weighted by molar-refractivity contribution is 0.629. The third-order valence-corrected chi connectivity index (χ3v) is 3.51. The molecule has 0 aliphatic rings. The molecule has 0 N–H and O–H groups in total. The Balaban J connectivity index is 2.33. The van der Waals surface area contributed by atoms with E-state index in [0.717, 1.165) is 22.6 Å². The smallest absolute Gasteiger partial charge is 0.160 e. The van der Waals surface area contributed by atoms with Crippen LogP contribution in [0.15, 0.2) is 36.5 Å². The second-order valence-corrected chi connectivity index (χ2v) is 5.04. The first-order valence-electron chi connectivity index (χ1n) is 5.66. The summed E-state index contributed by atoms with van der Waals surface area (Å²) in [6.07, 6.45) is 1.90. The number of hydrogen-bond acceptors (Lipinski definition) is 1. The summed E-state index contributed by atoms with van der Waals surface area (Å²) in [6.45, 7) is 1.90. The van der Waals surface area contributed by atoms with Crippen LogP contribution in [0, 0.1) is 12.7 Å². The molecule has 0 saturated heterocycles. The normalized spacial score (nSPS) is 11.2. The molecule has 5 heteroatoms. The molecule has 2 heterocycles. The van der Waals surface area contributed by atoms with Crippen molar-refractivity contribution >= 4 is 28.8 Å². The van der Waals surface area contributed by atoms with E-state index >= 15 is 0 Å². The first kappa shape index (κ1) is 12.5. The fourth-order valence-corrected chi connectivity index (χ4v) is 2.64. The van der Waals surface area contributed by atoms with Crippen LogP contribution in [0.3, 0.4) is 0 Å². The number of imidazole rings is 1. The summed E-state index contributed by atoms with van der Waals surface area (Å²) in [5, 5.41) is 0.0144. The van der Waals surface area contributed by atoms with Crippen molar-refractivity contribution in [2.45, 2.75) is 6.92 Å². The van der Waals surface area contributed by atoms with E-state index in [2.05, 4.69) is 4.98 Å². The van der Waals surface area contributed by atoms with Gasteiger partial charge in [-0.25, -0.2) is 9.37 Å². The number of halogens is 3. The topological polar surface area (TPSA) is 17.3 Å². The molecule has 2 nitrogen and oxygen atoms in total. The maximum absolute atomic E-state index is 13.5. The fourth-order valence-electron chi connectivity index (χ4n) is 2.15. The maximum Gasteiger partial charge on any atom is 0.160 e. The van der Waals surface area contributed by atoms with Crippen LogP contribution in [0.4, 0.5) is 4.39 Å². The molecule has 0 aliphatic carbocycles. The molecule has 96 valence electrons. The van der Waals surface area contributed by atoms with Crippen molar-refractivity contribution in [3.8, 4) is 11.3 Å². The Kier molecular flexibility index (Phi) is 2.96. The number of aromatic nitrogens is 2. The largest absolute Gasteiger partial charge is 0.299 e. The zero-order chi connectivity index (χ0) is 13.6. The van der Waals surface area contributed by atoms with E-state index in [9.17, 15) is 4.39 Å². The number of fused-ring (bicyclic) bond motifs is 1. The summed E-state index contributed by atoms with van der Waals surface area (Å²) in [6, 6.07) is 8.85. The van der Waals surface area contributed by atoms with Crippen LogP contribution in [0.2, 0.25) is 10.0 Å². The standard InChI is InChI=1S/C14H9Cl2FN2/c1-8-14(19-5-3-2-4-12(19)18-8)9-6-10(15)13(17)11(16)7-9/h2-7H,1H3. The van der Waals surface area contributed by atoms with Crippen molar-refractivity contribution in [2.24, 2.45) is 0 Å². The summed E-state index contributed by atoms with van der Waals surface area (Å²) in [5.41, 5.74) is 3.27. The van der Waals surface area contributed by atoms with Crippen molar-refractivity contribution in [1.29, 1.82) is 0 Å². The number of rotatable bonds is 1. The lowest BCUT2D eigenvalue weighted by atomic mass is 10.1. The maximum atomic E-state index is 13.5. The molecule has 0 atom stereocenters. The van der Waals surface area contributed by atoms with Gasteiger partial charge in [0.1, 0.15) is 5.65 Å². The van der Waals surface area contributed by atoms with Crippen molar-refractivity contribution in [3.05, 3.63) is 58.1 Å². The Morgan fingerprint density at radius 2 is 1.84 bits per heavy atom. The van der Waals surface area contributed by atoms with Gasteiger partial charge in [0.15, 0.2) is 5.82 Å². The van der Waals surface area contributed by atoms with Crippen LogP contribution in [0.1, 0.15) is 5.69 Å². The summed E-state index contributed by atoms with van der Waals surface area (Å²) in [7, 11) is 0. The molecule has 2 aromatic heterocycles. The van der Waals surface area contributed by atoms with Crippen molar-refractivity contribution in [1.82, 2.24) is 9.38 Å². The zero-order valence-corrected chi connectivity index (χ0v) is 11.5. The highest BCUT2D eigenvalue weighted by Gasteiger charge is 2.14. The summed E-state index contributed by atoms with van der Waals surface area (Å²) in [4.78, 5) is 4.45. The highest BCUT2D eigenvalue weighted by atomic mass is 35.5. The first-order chi connectivity index (χ1) is 9.08. The Hall–Kier alpha value is -1.58. The molecule has 3 rings (SSSR count). The summed E-state index contributed by atoms with van der Waals surface area (Å²) in [5.74, 6) is -0.599. The molecule has 0 bridgehead atoms. The Morgan fingerprint density at radius 3 is 2.53 bits per heavy atom. The molecule has 0 spiro atoms. The van der Waals surface area contributed by atoms with Crippen LogP contribution in [0.5, 0.6) is 0 Å². The van der Waals surface area contributed by atoms with E-state index in [0.29, 0.717) is 0 Å². The van der Waals surface area contributed by atoms with Crippen LogP contribution in [0.25, 0.3) is 16.9 Å². The average molecular weight is 295 g/mol. The van der Waals surface area contributed by atoms with E-state index < -0.39 is 5.82 Å². The van der Waals surface area contributed by atoms with Gasteiger partial charge in [-0.2, -0.15) is 0 Å². The minimum Gasteiger partial charge on any atom is -0.299 e. The van der Waals surface area contributed by atoms with Gasteiger partial charge in [0.05, 0.1) is 21.4 Å². The van der Waals surface area contributed by atoms with Crippen molar-refractivity contribution < 1.29 is 4.39 Å². The first-order valence-corrected chi connectivity index (χ1v) is 6.42. The number of hydrogen-bond donors (Lipinski definition) is 0. The number of pyridine rings is 1. The van der Waals surface area contributed by atoms with E-state index in [1.165, 1.54) is 0 Å². The van der Waals surface area contributed by atoms with Crippen molar-refractivity contribution in [3.63, 3.8) is 0 Å². The van der Waals surface area contributed by atoms with Gasteiger partial charge in [0.25, 0.3) is 0 Å². The molecule has 0 saturated carbocycles. The van der Waals surface area contributed by atoms with Crippen molar-refractivity contribution in [2.75, 3.05) is 0 Å². The lowest BCUT2D eigenvalue weighted by Gasteiger charge is -2.06. The van der Waals surface area contributed by atoms with E-state index in [-0.39, 0.29) is 10.0 Å². The minimum absolute atomic E-state index is 0.00720. The predicted molar refractivity (Wildman–Crippen MR) is 75.3 cm³/mol. The zero-order valence-electron chi connectivity index (χ0n) is 9.99. The minimum atomic E-state index is -0.599. The molecule has 0 amide bonds. The average Bonchev–Trinajstić information content (AvgIpc) is 2.71. The molecule has 1 aromatic carbocycles. The highest BCUT2D eigenvalue weighted by Crippen LogP contribution is 2.32. The van der Waals surface area contributed by atoms with Gasteiger partial charge >= 0.3 is 0 Å². The highest BCUT2D eigenvalue weighted by molar-refractivity contribution is 6.35. The quantitative estimate of drug-likeness (QED) is 0.592. The van der Waals surface area contributed by atoms with Gasteiger partial charge < -0.3 is 0 Å². The van der Waals surface area contributed by atoms with Gasteiger partial charge in [0, 0.05) is 11.8 Å². The second kappa shape index (κ2) is 4.51. The SMILES string of the molecule is Cc1nc2ccccn2c1-c1cc(Cl)c(F)c(Cl)c1. The molecule has 3 aromatic rings. The van der Waals surface area contributed by atoms with Crippen LogP contribution < -0.4 is 0 Å². The number of nitrogens with zero attached hydrogens (tertiary/aromatic N) is 2. The number of aryl methyl sites for hydroxylation is 1. The third kappa shape index (κ3) is 1.99. The monoisotopic (exact) mass is 294 g/mol. The van der Waals surface area contributed by atoms with Gasteiger partial charge in [-0.1, -0.05) is 29.3 Å². The molecule has 0 radical (unpaired) electrons. The van der Waals surface area contributed by atoms with E-state index in [1.807, 2.05) is 35.7 Å². The van der Waals surface area contributed by atoms with E-state index in [1.54, 1.807) is 12.1 Å². The third-order valence-electron chi connectivity index (χ3n) is 2.96. The summed E-state index contributed by atoms with van der Waals surface area (Å²) >= 11 is 11.7. The van der Waals surface area contributed by atoms with Crippen LogP contribution in [-0.4, -0.2) is 9.38 Å². The Bertz CT molecular complexity index is 757. The predicted octanol–water partition coefficient (Wildman–Crippen LogP) is 4.76. The molecule has 0 unspecified atom stereocenters. The van der Waals surface area contributed by atoms with Crippen LogP contribution in [-0.2, 0) is 0 Å². The molecule has 0 fully saturated rings. The van der Waals surface area contributed by atoms with Gasteiger partial charge in [-0.15, -0.1) is 0 Å². The van der Waals surface area contributed by atoms with Crippen LogP contribution >= 0.6 is 23.2 Å². The number of benzene rings is 1. The van der Waals surface area contributed by atoms with Gasteiger partial charge in [-0.3, -0.25) is 4.40 Å². The molecule has 0 aliphatic heterocycles. The van der Waals surface area contributed by atoms with Gasteiger partial charge in [0.2, 0.25) is 0 Å². The molecular formula is C14H9Cl2FN2. The Morgan fingerprint density at radius 1 is 1.16 bits per heavy atom. The lowest BCUT2D eigenvalue weighted by Crippen LogP contribution is -1.90. The van der Waals surface area contributed by atoms with Gasteiger partial charge in [-0.05, 0) is 31.2 Å². The molecule has 19 heavy (non-hydrogen) atoms.